The molecule has 0 bridgehead atoms. The van der Waals surface area contributed by atoms with E-state index in [0.717, 1.165) is 5.50 Å². The van der Waals surface area contributed by atoms with Gasteiger partial charge >= 0.3 is 0 Å². The van der Waals surface area contributed by atoms with Crippen LogP contribution < -0.4 is 0 Å². The molecule has 144 valence electrons. The summed E-state index contributed by atoms with van der Waals surface area (Å²) in [6, 6.07) is 0. The molecule has 2 nitrogen and oxygen atoms in total. The van der Waals surface area contributed by atoms with Crippen molar-refractivity contribution in [2.45, 2.75) is 91.3 Å². The SMILES string of the molecule is C=C(O[Si](C)(C)C)P(P(C(C)O[Si](C)(C)C)[Si](C)(C)C)[Si](C)(C)C. The van der Waals surface area contributed by atoms with Crippen molar-refractivity contribution in [2.24, 2.45) is 0 Å². The Hall–Kier alpha value is 1.23. The van der Waals surface area contributed by atoms with Gasteiger partial charge in [0.1, 0.15) is 0 Å². The zero-order valence-electron chi connectivity index (χ0n) is 18.5. The highest BCUT2D eigenvalue weighted by Crippen LogP contribution is 2.83. The molecule has 8 heteroatoms. The van der Waals surface area contributed by atoms with E-state index in [1.54, 1.807) is 0 Å². The van der Waals surface area contributed by atoms with E-state index >= 15 is 0 Å². The molecular formula is C16H42O2P2Si4. The Morgan fingerprint density at radius 2 is 1.17 bits per heavy atom. The van der Waals surface area contributed by atoms with Crippen LogP contribution in [-0.2, 0) is 8.85 Å². The highest BCUT2D eigenvalue weighted by Gasteiger charge is 2.46. The topological polar surface area (TPSA) is 18.5 Å². The van der Waals surface area contributed by atoms with Gasteiger partial charge in [0.05, 0.1) is 26.8 Å². The van der Waals surface area contributed by atoms with Crippen LogP contribution in [-0.4, -0.2) is 38.0 Å². The van der Waals surface area contributed by atoms with Gasteiger partial charge in [-0.2, -0.15) is 0 Å². The van der Waals surface area contributed by atoms with Crippen LogP contribution in [0.2, 0.25) is 78.6 Å². The third-order valence-electron chi connectivity index (χ3n) is 3.07. The van der Waals surface area contributed by atoms with Gasteiger partial charge in [0, 0.05) is 0 Å². The van der Waals surface area contributed by atoms with Gasteiger partial charge in [-0.1, -0.05) is 53.0 Å². The standard InChI is InChI=1S/C16H42O2P2Si4/c1-15(17-21(3,4)5)19(23(9,10)11)20(24(12,13)14)16(2)18-22(6,7)8/h16H,1H2,2-14H3. The van der Waals surface area contributed by atoms with Gasteiger partial charge in [-0.3, -0.25) is 0 Å². The molecule has 0 aliphatic rings. The fourth-order valence-electron chi connectivity index (χ4n) is 2.78. The maximum atomic E-state index is 6.64. The maximum absolute atomic E-state index is 6.64. The van der Waals surface area contributed by atoms with Gasteiger partial charge in [0.2, 0.25) is 8.32 Å². The summed E-state index contributed by atoms with van der Waals surface area (Å²) in [4.78, 5) is 0. The van der Waals surface area contributed by atoms with E-state index < -0.39 is 32.1 Å². The van der Waals surface area contributed by atoms with Crippen molar-refractivity contribution in [1.82, 2.24) is 0 Å². The molecule has 0 aliphatic carbocycles. The van der Waals surface area contributed by atoms with Crippen molar-refractivity contribution in [3.63, 3.8) is 0 Å². The molecule has 0 spiro atoms. The van der Waals surface area contributed by atoms with Crippen molar-refractivity contribution < 1.29 is 8.85 Å². The Bertz CT molecular complexity index is 431. The first-order valence-corrected chi connectivity index (χ1v) is 27.9. The Morgan fingerprint density at radius 3 is 1.42 bits per heavy atom. The largest absolute Gasteiger partial charge is 0.545 e. The van der Waals surface area contributed by atoms with E-state index in [-0.39, 0.29) is 14.3 Å². The van der Waals surface area contributed by atoms with Crippen LogP contribution in [0.15, 0.2) is 12.1 Å². The van der Waals surface area contributed by atoms with E-state index in [1.807, 2.05) is 0 Å². The van der Waals surface area contributed by atoms with E-state index in [1.165, 1.54) is 0 Å². The summed E-state index contributed by atoms with van der Waals surface area (Å²) in [5.41, 5.74) is 1.14. The normalized spacial score (nSPS) is 18.0. The molecule has 0 radical (unpaired) electrons. The smallest absolute Gasteiger partial charge is 0.242 e. The Morgan fingerprint density at radius 1 is 0.750 bits per heavy atom. The second-order valence-corrected chi connectivity index (χ2v) is 46.1. The molecule has 0 saturated heterocycles. The lowest BCUT2D eigenvalue weighted by Crippen LogP contribution is -2.36. The lowest BCUT2D eigenvalue weighted by molar-refractivity contribution is 0.298. The minimum Gasteiger partial charge on any atom is -0.545 e. The van der Waals surface area contributed by atoms with E-state index in [9.17, 15) is 0 Å². The minimum absolute atomic E-state index is 0.196. The first-order valence-electron chi connectivity index (χ1n) is 8.91. The average molecular weight is 441 g/mol. The molecule has 24 heavy (non-hydrogen) atoms. The molecular weight excluding hydrogens is 398 g/mol. The van der Waals surface area contributed by atoms with Gasteiger partial charge in [0.15, 0.2) is 8.32 Å². The third kappa shape index (κ3) is 9.25. The molecule has 0 fully saturated rings. The Kier molecular flexibility index (Phi) is 8.93. The second-order valence-electron chi connectivity index (χ2n) is 10.4. The fourth-order valence-corrected chi connectivity index (χ4v) is 53.2. The van der Waals surface area contributed by atoms with Crippen LogP contribution in [0.5, 0.6) is 0 Å². The zero-order chi connectivity index (χ0) is 19.7. The fraction of sp³-hybridized carbons (Fsp3) is 0.875. The lowest BCUT2D eigenvalue weighted by Gasteiger charge is -2.48. The molecule has 0 N–H and O–H groups in total. The summed E-state index contributed by atoms with van der Waals surface area (Å²) in [7, 11) is -6.41. The maximum Gasteiger partial charge on any atom is 0.242 e. The van der Waals surface area contributed by atoms with Crippen molar-refractivity contribution in [2.75, 3.05) is 0 Å². The summed E-state index contributed by atoms with van der Waals surface area (Å²) in [6.45, 7) is 35.7. The van der Waals surface area contributed by atoms with Gasteiger partial charge in [0.25, 0.3) is 0 Å². The average Bonchev–Trinajstić information content (AvgIpc) is 2.15. The second kappa shape index (κ2) is 8.49. The van der Waals surface area contributed by atoms with Crippen LogP contribution in [0.1, 0.15) is 6.92 Å². The van der Waals surface area contributed by atoms with Crippen molar-refractivity contribution in [3.05, 3.63) is 12.1 Å². The quantitative estimate of drug-likeness (QED) is 0.205. The highest BCUT2D eigenvalue weighted by molar-refractivity contribution is 8.56. The summed E-state index contributed by atoms with van der Waals surface area (Å²) in [5, 5.41) is 0. The summed E-state index contributed by atoms with van der Waals surface area (Å²) in [6.07, 6.45) is 0. The van der Waals surface area contributed by atoms with E-state index in [2.05, 4.69) is 92.1 Å². The predicted octanol–water partition coefficient (Wildman–Crippen LogP) is 8.06. The van der Waals surface area contributed by atoms with Gasteiger partial charge in [-0.15, -0.1) is 0 Å². The summed E-state index contributed by atoms with van der Waals surface area (Å²) in [5.74, 6) is 0.373. The van der Waals surface area contributed by atoms with Gasteiger partial charge in [-0.25, -0.2) is 0 Å². The van der Waals surface area contributed by atoms with Gasteiger partial charge in [-0.05, 0) is 53.4 Å². The first kappa shape index (κ1) is 25.2. The lowest BCUT2D eigenvalue weighted by atomic mass is 10.9. The third-order valence-corrected chi connectivity index (χ3v) is 38.8. The Labute approximate surface area is 158 Å². The molecule has 0 rings (SSSR count). The number of rotatable bonds is 9. The van der Waals surface area contributed by atoms with Crippen LogP contribution in [0.4, 0.5) is 0 Å². The minimum atomic E-state index is -1.62. The summed E-state index contributed by atoms with van der Waals surface area (Å²) < 4.78 is 13.1. The van der Waals surface area contributed by atoms with Crippen molar-refractivity contribution >= 4 is 46.4 Å². The number of hydrogen-bond donors (Lipinski definition) is 0. The molecule has 0 aromatic heterocycles. The van der Waals surface area contributed by atoms with Crippen LogP contribution in [0.25, 0.3) is 0 Å². The van der Waals surface area contributed by atoms with Gasteiger partial charge < -0.3 is 8.85 Å². The predicted molar refractivity (Wildman–Crippen MR) is 128 cm³/mol. The van der Waals surface area contributed by atoms with Crippen LogP contribution >= 0.6 is 14.3 Å². The molecule has 3 atom stereocenters. The van der Waals surface area contributed by atoms with E-state index in [4.69, 9.17) is 8.85 Å². The van der Waals surface area contributed by atoms with Crippen LogP contribution in [0.3, 0.4) is 0 Å². The van der Waals surface area contributed by atoms with Crippen molar-refractivity contribution in [3.8, 4) is 0 Å². The number of hydrogen-bond acceptors (Lipinski definition) is 2. The molecule has 0 saturated carbocycles. The highest BCUT2D eigenvalue weighted by atomic mass is 32.3. The molecule has 0 heterocycles. The molecule has 3 unspecified atom stereocenters. The monoisotopic (exact) mass is 440 g/mol. The van der Waals surface area contributed by atoms with Crippen LogP contribution in [0, 0.1) is 0 Å². The molecule has 0 aromatic carbocycles. The van der Waals surface area contributed by atoms with Crippen molar-refractivity contribution in [1.29, 1.82) is 0 Å². The first-order chi connectivity index (χ1) is 10.3. The Balaban J connectivity index is 5.91. The zero-order valence-corrected chi connectivity index (χ0v) is 24.3. The molecule has 0 amide bonds. The summed E-state index contributed by atoms with van der Waals surface area (Å²) >= 11 is 0. The molecule has 0 aliphatic heterocycles. The van der Waals surface area contributed by atoms with E-state index in [0.29, 0.717) is 5.85 Å². The molecule has 0 aromatic rings.